The maximum absolute atomic E-state index is 12.1. The van der Waals surface area contributed by atoms with Crippen molar-refractivity contribution in [2.45, 2.75) is 58.8 Å². The van der Waals surface area contributed by atoms with Gasteiger partial charge in [0.15, 0.2) is 0 Å². The summed E-state index contributed by atoms with van der Waals surface area (Å²) >= 11 is 4.99. The summed E-state index contributed by atoms with van der Waals surface area (Å²) in [6, 6.07) is 0. The molecule has 0 spiro atoms. The lowest BCUT2D eigenvalue weighted by atomic mass is 9.86. The van der Waals surface area contributed by atoms with Gasteiger partial charge in [-0.1, -0.05) is 44.8 Å². The fraction of sp³-hybridized carbons (Fsp3) is 0.857. The lowest BCUT2D eigenvalue weighted by molar-refractivity contribution is -0.126. The summed E-state index contributed by atoms with van der Waals surface area (Å²) in [6.07, 6.45) is 8.44. The number of nitrogens with one attached hydrogen (secondary N) is 1. The number of thiocarbonyl (C=S) groups is 1. The first-order valence-corrected chi connectivity index (χ1v) is 7.49. The largest absolute Gasteiger partial charge is 0.392 e. The fourth-order valence-electron chi connectivity index (χ4n) is 2.53. The van der Waals surface area contributed by atoms with E-state index in [0.717, 1.165) is 18.9 Å². The molecule has 18 heavy (non-hydrogen) atoms. The monoisotopic (exact) mass is 270 g/mol. The van der Waals surface area contributed by atoms with Crippen molar-refractivity contribution in [1.82, 2.24) is 5.32 Å². The highest BCUT2D eigenvalue weighted by Crippen LogP contribution is 2.28. The van der Waals surface area contributed by atoms with E-state index in [0.29, 0.717) is 11.4 Å². The van der Waals surface area contributed by atoms with Gasteiger partial charge in [-0.2, -0.15) is 0 Å². The van der Waals surface area contributed by atoms with Crippen LogP contribution in [0, 0.1) is 11.3 Å². The van der Waals surface area contributed by atoms with E-state index in [2.05, 4.69) is 5.32 Å². The van der Waals surface area contributed by atoms with E-state index in [1.54, 1.807) is 0 Å². The number of amides is 1. The number of hydrogen-bond acceptors (Lipinski definition) is 2. The minimum Gasteiger partial charge on any atom is -0.392 e. The fourth-order valence-corrected chi connectivity index (χ4v) is 2.77. The molecule has 104 valence electrons. The standard InChI is InChI=1S/C14H26N2OS/c1-3-14(2,12(15)18)13(17)16-10-6-9-11-7-4-5-8-11/h11H,3-10H2,1-2H3,(H2,15,18)(H,16,17). The van der Waals surface area contributed by atoms with E-state index in [9.17, 15) is 4.79 Å². The van der Waals surface area contributed by atoms with Gasteiger partial charge >= 0.3 is 0 Å². The number of carbonyl (C=O) groups is 1. The summed E-state index contributed by atoms with van der Waals surface area (Å²) in [5.74, 6) is 0.860. The summed E-state index contributed by atoms with van der Waals surface area (Å²) < 4.78 is 0. The van der Waals surface area contributed by atoms with Gasteiger partial charge in [-0.3, -0.25) is 4.79 Å². The van der Waals surface area contributed by atoms with Gasteiger partial charge in [0, 0.05) is 6.54 Å². The van der Waals surface area contributed by atoms with Crippen molar-refractivity contribution in [3.05, 3.63) is 0 Å². The Kier molecular flexibility index (Phi) is 6.06. The van der Waals surface area contributed by atoms with E-state index in [-0.39, 0.29) is 5.91 Å². The minimum atomic E-state index is -0.692. The van der Waals surface area contributed by atoms with Crippen LogP contribution < -0.4 is 11.1 Å². The summed E-state index contributed by atoms with van der Waals surface area (Å²) in [6.45, 7) is 4.51. The molecule has 0 radical (unpaired) electrons. The molecule has 4 heteroatoms. The lowest BCUT2D eigenvalue weighted by Gasteiger charge is -2.25. The first-order valence-electron chi connectivity index (χ1n) is 7.09. The van der Waals surface area contributed by atoms with Crippen LogP contribution in [0.25, 0.3) is 0 Å². The second-order valence-corrected chi connectivity index (χ2v) is 6.04. The Morgan fingerprint density at radius 1 is 1.44 bits per heavy atom. The van der Waals surface area contributed by atoms with Gasteiger partial charge < -0.3 is 11.1 Å². The predicted molar refractivity (Wildman–Crippen MR) is 79.4 cm³/mol. The smallest absolute Gasteiger partial charge is 0.232 e. The molecule has 1 amide bonds. The third kappa shape index (κ3) is 3.94. The van der Waals surface area contributed by atoms with Crippen LogP contribution >= 0.6 is 12.2 Å². The summed E-state index contributed by atoms with van der Waals surface area (Å²) in [4.78, 5) is 12.3. The van der Waals surface area contributed by atoms with E-state index < -0.39 is 5.41 Å². The average Bonchev–Trinajstić information content (AvgIpc) is 2.86. The maximum atomic E-state index is 12.1. The Morgan fingerprint density at radius 3 is 2.56 bits per heavy atom. The van der Waals surface area contributed by atoms with Crippen molar-refractivity contribution in [2.75, 3.05) is 6.54 Å². The molecule has 0 aromatic carbocycles. The first kappa shape index (κ1) is 15.4. The van der Waals surface area contributed by atoms with Crippen LogP contribution in [0.5, 0.6) is 0 Å². The Balaban J connectivity index is 2.25. The molecule has 1 aliphatic carbocycles. The van der Waals surface area contributed by atoms with Crippen LogP contribution in [0.15, 0.2) is 0 Å². The third-order valence-corrected chi connectivity index (χ3v) is 4.75. The van der Waals surface area contributed by atoms with Gasteiger partial charge in [-0.05, 0) is 32.1 Å². The van der Waals surface area contributed by atoms with Gasteiger partial charge in [-0.15, -0.1) is 0 Å². The molecule has 0 aliphatic heterocycles. The molecule has 3 N–H and O–H groups in total. The van der Waals surface area contributed by atoms with Crippen LogP contribution in [0.3, 0.4) is 0 Å². The molecule has 1 atom stereocenters. The van der Waals surface area contributed by atoms with Crippen molar-refractivity contribution in [3.8, 4) is 0 Å². The van der Waals surface area contributed by atoms with Crippen LogP contribution in [0.1, 0.15) is 58.8 Å². The molecule has 3 nitrogen and oxygen atoms in total. The van der Waals surface area contributed by atoms with Crippen molar-refractivity contribution in [2.24, 2.45) is 17.1 Å². The molecule has 1 aliphatic rings. The second kappa shape index (κ2) is 7.07. The molecular formula is C14H26N2OS. The van der Waals surface area contributed by atoms with Gasteiger partial charge in [0.05, 0.1) is 10.4 Å². The maximum Gasteiger partial charge on any atom is 0.232 e. The molecule has 0 aromatic heterocycles. The molecular weight excluding hydrogens is 244 g/mol. The number of hydrogen-bond donors (Lipinski definition) is 2. The van der Waals surface area contributed by atoms with Crippen LogP contribution in [-0.4, -0.2) is 17.4 Å². The molecule has 0 bridgehead atoms. The lowest BCUT2D eigenvalue weighted by Crippen LogP contribution is -2.46. The number of nitrogens with two attached hydrogens (primary N) is 1. The summed E-state index contributed by atoms with van der Waals surface area (Å²) in [7, 11) is 0. The van der Waals surface area contributed by atoms with Crippen LogP contribution in [-0.2, 0) is 4.79 Å². The molecule has 1 rings (SSSR count). The zero-order valence-corrected chi connectivity index (χ0v) is 12.4. The van der Waals surface area contributed by atoms with Crippen LogP contribution in [0.2, 0.25) is 0 Å². The Labute approximate surface area is 116 Å². The Hall–Kier alpha value is -0.640. The van der Waals surface area contributed by atoms with Crippen molar-refractivity contribution >= 4 is 23.1 Å². The molecule has 1 unspecified atom stereocenters. The highest BCUT2D eigenvalue weighted by atomic mass is 32.1. The van der Waals surface area contributed by atoms with E-state index >= 15 is 0 Å². The van der Waals surface area contributed by atoms with E-state index in [1.165, 1.54) is 32.1 Å². The molecule has 1 saturated carbocycles. The quantitative estimate of drug-likeness (QED) is 0.552. The molecule has 0 aromatic rings. The number of rotatable bonds is 7. The average molecular weight is 270 g/mol. The summed E-state index contributed by atoms with van der Waals surface area (Å²) in [5.41, 5.74) is 4.97. The van der Waals surface area contributed by atoms with Gasteiger partial charge in [0.25, 0.3) is 0 Å². The van der Waals surface area contributed by atoms with Crippen molar-refractivity contribution in [3.63, 3.8) is 0 Å². The predicted octanol–water partition coefficient (Wildman–Crippen LogP) is 2.78. The molecule has 1 fully saturated rings. The SMILES string of the molecule is CCC(C)(C(=O)NCCCC1CCCC1)C(N)=S. The van der Waals surface area contributed by atoms with E-state index in [4.69, 9.17) is 18.0 Å². The highest BCUT2D eigenvalue weighted by Gasteiger charge is 2.34. The molecule has 0 heterocycles. The highest BCUT2D eigenvalue weighted by molar-refractivity contribution is 7.80. The molecule has 0 saturated heterocycles. The number of carbonyl (C=O) groups excluding carboxylic acids is 1. The Morgan fingerprint density at radius 2 is 2.06 bits per heavy atom. The van der Waals surface area contributed by atoms with Crippen molar-refractivity contribution < 1.29 is 4.79 Å². The summed E-state index contributed by atoms with van der Waals surface area (Å²) in [5, 5.41) is 2.97. The van der Waals surface area contributed by atoms with Crippen LogP contribution in [0.4, 0.5) is 0 Å². The topological polar surface area (TPSA) is 55.1 Å². The van der Waals surface area contributed by atoms with Gasteiger partial charge in [-0.25, -0.2) is 0 Å². The Bertz CT molecular complexity index is 300. The first-order chi connectivity index (χ1) is 8.50. The zero-order valence-electron chi connectivity index (χ0n) is 11.6. The second-order valence-electron chi connectivity index (χ2n) is 5.60. The minimum absolute atomic E-state index is 0.0241. The van der Waals surface area contributed by atoms with Gasteiger partial charge in [0.2, 0.25) is 5.91 Å². The zero-order chi connectivity index (χ0) is 13.6. The van der Waals surface area contributed by atoms with Gasteiger partial charge in [0.1, 0.15) is 0 Å². The van der Waals surface area contributed by atoms with Crippen molar-refractivity contribution in [1.29, 1.82) is 0 Å². The normalized spacial score (nSPS) is 19.4. The van der Waals surface area contributed by atoms with E-state index in [1.807, 2.05) is 13.8 Å². The third-order valence-electron chi connectivity index (χ3n) is 4.30.